The molecule has 0 bridgehead atoms. The molecule has 5 nitrogen and oxygen atoms in total. The molecule has 0 spiro atoms. The van der Waals surface area contributed by atoms with E-state index in [1.807, 2.05) is 24.3 Å². The quantitative estimate of drug-likeness (QED) is 0.240. The van der Waals surface area contributed by atoms with Crippen molar-refractivity contribution in [2.75, 3.05) is 26.7 Å². The van der Waals surface area contributed by atoms with E-state index >= 15 is 0 Å². The Morgan fingerprint density at radius 2 is 1.57 bits per heavy atom. The van der Waals surface area contributed by atoms with Crippen LogP contribution in [0.3, 0.4) is 0 Å². The molecule has 0 N–H and O–H groups in total. The standard InChI is InChI=1S/C31H36N2O3S/c1-24-10-7-8-19-32(24)20-9-21-33(37(34,35)28-17-15-27(36-2)16-18-28)23-31-29-13-5-3-11-25(29)22-26-12-4-6-14-30(26)31/h3-6,11-18,22,24H,7-10,19-21,23H2,1-2H3. The summed E-state index contributed by atoms with van der Waals surface area (Å²) in [4.78, 5) is 2.80. The molecule has 0 aliphatic carbocycles. The second-order valence-corrected chi connectivity index (χ2v) is 12.0. The minimum absolute atomic E-state index is 0.296. The van der Waals surface area contributed by atoms with Gasteiger partial charge in [0.25, 0.3) is 0 Å². The van der Waals surface area contributed by atoms with Gasteiger partial charge in [-0.05, 0) is 96.7 Å². The minimum atomic E-state index is -3.72. The summed E-state index contributed by atoms with van der Waals surface area (Å²) >= 11 is 0. The van der Waals surface area contributed by atoms with Crippen LogP contribution in [0.2, 0.25) is 0 Å². The van der Waals surface area contributed by atoms with Crippen molar-refractivity contribution < 1.29 is 13.2 Å². The Hall–Kier alpha value is -2.93. The zero-order valence-corrected chi connectivity index (χ0v) is 22.6. The van der Waals surface area contributed by atoms with E-state index < -0.39 is 10.0 Å². The molecule has 5 rings (SSSR count). The lowest BCUT2D eigenvalue weighted by Crippen LogP contribution is -2.40. The van der Waals surface area contributed by atoms with Crippen LogP contribution in [-0.4, -0.2) is 50.4 Å². The zero-order valence-electron chi connectivity index (χ0n) is 21.8. The highest BCUT2D eigenvalue weighted by molar-refractivity contribution is 7.89. The molecule has 1 atom stereocenters. The second kappa shape index (κ2) is 11.2. The van der Waals surface area contributed by atoms with E-state index in [0.29, 0.717) is 29.8 Å². The number of ether oxygens (including phenoxy) is 1. The van der Waals surface area contributed by atoms with Gasteiger partial charge in [0.05, 0.1) is 12.0 Å². The SMILES string of the molecule is COc1ccc(S(=O)(=O)N(CCCN2CCCCC2C)Cc2c3ccccc3cc3ccccc23)cc1. The van der Waals surface area contributed by atoms with E-state index in [2.05, 4.69) is 42.2 Å². The lowest BCUT2D eigenvalue weighted by atomic mass is 9.97. The van der Waals surface area contributed by atoms with Crippen LogP contribution >= 0.6 is 0 Å². The summed E-state index contributed by atoms with van der Waals surface area (Å²) in [5, 5.41) is 4.45. The summed E-state index contributed by atoms with van der Waals surface area (Å²) in [7, 11) is -2.13. The second-order valence-electron chi connectivity index (χ2n) is 10.0. The van der Waals surface area contributed by atoms with Crippen LogP contribution in [0.1, 0.15) is 38.2 Å². The fourth-order valence-corrected chi connectivity index (χ4v) is 7.02. The lowest BCUT2D eigenvalue weighted by Gasteiger charge is -2.34. The smallest absolute Gasteiger partial charge is 0.243 e. The topological polar surface area (TPSA) is 49.9 Å². The van der Waals surface area contributed by atoms with Crippen LogP contribution in [0.25, 0.3) is 21.5 Å². The number of likely N-dealkylation sites (tertiary alicyclic amines) is 1. The summed E-state index contributed by atoms with van der Waals surface area (Å²) in [6.45, 7) is 5.08. The lowest BCUT2D eigenvalue weighted by molar-refractivity contribution is 0.155. The number of sulfonamides is 1. The summed E-state index contributed by atoms with van der Waals surface area (Å²) < 4.78 is 35.0. The maximum Gasteiger partial charge on any atom is 0.243 e. The van der Waals surface area contributed by atoms with Gasteiger partial charge in [0.1, 0.15) is 5.75 Å². The third-order valence-electron chi connectivity index (χ3n) is 7.71. The van der Waals surface area contributed by atoms with Crippen LogP contribution in [0.15, 0.2) is 83.8 Å². The van der Waals surface area contributed by atoms with Gasteiger partial charge in [0, 0.05) is 19.1 Å². The average molecular weight is 517 g/mol. The van der Waals surface area contributed by atoms with Crippen molar-refractivity contribution in [1.29, 1.82) is 0 Å². The van der Waals surface area contributed by atoms with Crippen LogP contribution in [0.4, 0.5) is 0 Å². The van der Waals surface area contributed by atoms with E-state index in [0.717, 1.165) is 46.6 Å². The van der Waals surface area contributed by atoms with Crippen molar-refractivity contribution in [3.8, 4) is 5.75 Å². The van der Waals surface area contributed by atoms with Gasteiger partial charge in [-0.3, -0.25) is 0 Å². The maximum absolute atomic E-state index is 14.0. The van der Waals surface area contributed by atoms with Gasteiger partial charge in [-0.1, -0.05) is 55.0 Å². The molecule has 0 amide bonds. The fraction of sp³-hybridized carbons (Fsp3) is 0.355. The Bertz CT molecular complexity index is 1410. The first kappa shape index (κ1) is 25.7. The molecule has 4 aromatic rings. The monoisotopic (exact) mass is 516 g/mol. The summed E-state index contributed by atoms with van der Waals surface area (Å²) in [5.74, 6) is 0.643. The van der Waals surface area contributed by atoms with Crippen LogP contribution in [-0.2, 0) is 16.6 Å². The number of piperidine rings is 1. The van der Waals surface area contributed by atoms with Gasteiger partial charge < -0.3 is 9.64 Å². The largest absolute Gasteiger partial charge is 0.497 e. The number of benzene rings is 4. The Balaban J connectivity index is 1.51. The third-order valence-corrected chi connectivity index (χ3v) is 9.57. The predicted molar refractivity (Wildman–Crippen MR) is 152 cm³/mol. The number of fused-ring (bicyclic) bond motifs is 2. The van der Waals surface area contributed by atoms with Crippen molar-refractivity contribution in [1.82, 2.24) is 9.21 Å². The summed E-state index contributed by atoms with van der Waals surface area (Å²) in [6, 6.07) is 26.0. The Kier molecular flexibility index (Phi) is 7.79. The highest BCUT2D eigenvalue weighted by Gasteiger charge is 2.27. The van der Waals surface area contributed by atoms with E-state index in [4.69, 9.17) is 4.74 Å². The Labute approximate surface area is 220 Å². The zero-order chi connectivity index (χ0) is 25.8. The first-order valence-corrected chi connectivity index (χ1v) is 14.7. The van der Waals surface area contributed by atoms with Gasteiger partial charge in [-0.2, -0.15) is 4.31 Å². The molecule has 1 fully saturated rings. The molecule has 0 radical (unpaired) electrons. The number of hydrogen-bond donors (Lipinski definition) is 0. The van der Waals surface area contributed by atoms with Crippen molar-refractivity contribution in [2.45, 2.75) is 50.1 Å². The molecule has 194 valence electrons. The molecule has 37 heavy (non-hydrogen) atoms. The number of hydrogen-bond acceptors (Lipinski definition) is 4. The minimum Gasteiger partial charge on any atom is -0.497 e. The van der Waals surface area contributed by atoms with Gasteiger partial charge >= 0.3 is 0 Å². The molecule has 1 aliphatic heterocycles. The number of nitrogens with zero attached hydrogens (tertiary/aromatic N) is 2. The molecule has 1 heterocycles. The summed E-state index contributed by atoms with van der Waals surface area (Å²) in [5.41, 5.74) is 1.05. The number of methoxy groups -OCH3 is 1. The van der Waals surface area contributed by atoms with E-state index in [-0.39, 0.29) is 0 Å². The molecular formula is C31H36N2O3S. The van der Waals surface area contributed by atoms with E-state index in [1.54, 1.807) is 35.7 Å². The van der Waals surface area contributed by atoms with E-state index in [9.17, 15) is 8.42 Å². The molecular weight excluding hydrogens is 480 g/mol. The van der Waals surface area contributed by atoms with Gasteiger partial charge in [0.15, 0.2) is 0 Å². The Morgan fingerprint density at radius 3 is 2.19 bits per heavy atom. The fourth-order valence-electron chi connectivity index (χ4n) is 5.58. The van der Waals surface area contributed by atoms with Crippen molar-refractivity contribution in [3.63, 3.8) is 0 Å². The third kappa shape index (κ3) is 5.52. The first-order valence-electron chi connectivity index (χ1n) is 13.2. The van der Waals surface area contributed by atoms with E-state index in [1.165, 1.54) is 19.3 Å². The van der Waals surface area contributed by atoms with Crippen molar-refractivity contribution in [2.24, 2.45) is 0 Å². The highest BCUT2D eigenvalue weighted by atomic mass is 32.2. The van der Waals surface area contributed by atoms with Gasteiger partial charge in [0.2, 0.25) is 10.0 Å². The highest BCUT2D eigenvalue weighted by Crippen LogP contribution is 2.31. The first-order chi connectivity index (χ1) is 18.0. The maximum atomic E-state index is 14.0. The average Bonchev–Trinajstić information content (AvgIpc) is 2.93. The molecule has 6 heteroatoms. The molecule has 0 aromatic heterocycles. The van der Waals surface area contributed by atoms with Crippen molar-refractivity contribution >= 4 is 31.6 Å². The van der Waals surface area contributed by atoms with Crippen molar-refractivity contribution in [3.05, 3.63) is 84.4 Å². The van der Waals surface area contributed by atoms with Crippen LogP contribution in [0.5, 0.6) is 5.75 Å². The van der Waals surface area contributed by atoms with Crippen LogP contribution in [0, 0.1) is 0 Å². The molecule has 0 saturated carbocycles. The molecule has 1 saturated heterocycles. The molecule has 4 aromatic carbocycles. The predicted octanol–water partition coefficient (Wildman–Crippen LogP) is 6.46. The van der Waals surface area contributed by atoms with Gasteiger partial charge in [-0.25, -0.2) is 8.42 Å². The molecule has 1 aliphatic rings. The molecule has 1 unspecified atom stereocenters. The summed E-state index contributed by atoms with van der Waals surface area (Å²) in [6.07, 6.45) is 4.52. The van der Waals surface area contributed by atoms with Crippen LogP contribution < -0.4 is 4.74 Å². The van der Waals surface area contributed by atoms with Gasteiger partial charge in [-0.15, -0.1) is 0 Å². The number of rotatable bonds is 9. The normalized spacial score (nSPS) is 17.0. The Morgan fingerprint density at radius 1 is 0.919 bits per heavy atom.